The molecule has 0 aliphatic heterocycles. The van der Waals surface area contributed by atoms with E-state index in [0.29, 0.717) is 17.7 Å². The van der Waals surface area contributed by atoms with Crippen LogP contribution in [0.4, 0.5) is 5.69 Å². The minimum Gasteiger partial charge on any atom is -0.352 e. The number of hydrogen-bond donors (Lipinski definition) is 2. The molecular weight excluding hydrogens is 420 g/mol. The van der Waals surface area contributed by atoms with Gasteiger partial charge in [-0.1, -0.05) is 18.2 Å². The summed E-state index contributed by atoms with van der Waals surface area (Å²) in [5.41, 5.74) is 5.11. The highest BCUT2D eigenvalue weighted by atomic mass is 32.1. The number of hydrogen-bond acceptors (Lipinski definition) is 4. The minimum absolute atomic E-state index is 0.0873. The molecule has 0 atom stereocenters. The summed E-state index contributed by atoms with van der Waals surface area (Å²) >= 11 is 1.49. The molecule has 0 saturated heterocycles. The van der Waals surface area contributed by atoms with E-state index in [1.54, 1.807) is 18.6 Å². The Balaban J connectivity index is 1.38. The first kappa shape index (κ1) is 21.5. The molecule has 0 fully saturated rings. The molecule has 2 aromatic carbocycles. The lowest BCUT2D eigenvalue weighted by molar-refractivity contribution is 0.0952. The summed E-state index contributed by atoms with van der Waals surface area (Å²) in [4.78, 5) is 28.8. The third-order valence-corrected chi connectivity index (χ3v) is 5.86. The average molecular weight is 445 g/mol. The van der Waals surface area contributed by atoms with Crippen molar-refractivity contribution in [1.82, 2.24) is 14.9 Å². The highest BCUT2D eigenvalue weighted by molar-refractivity contribution is 7.08. The molecule has 0 aliphatic carbocycles. The second-order valence-corrected chi connectivity index (χ2v) is 8.26. The molecule has 0 bridgehead atoms. The quantitative estimate of drug-likeness (QED) is 0.376. The van der Waals surface area contributed by atoms with Gasteiger partial charge in [0.05, 0.1) is 11.9 Å². The molecule has 2 N–H and O–H groups in total. The third-order valence-electron chi connectivity index (χ3n) is 5.17. The maximum Gasteiger partial charge on any atom is 0.256 e. The third kappa shape index (κ3) is 5.31. The highest BCUT2D eigenvalue weighted by Crippen LogP contribution is 2.27. The van der Waals surface area contributed by atoms with Crippen molar-refractivity contribution >= 4 is 28.8 Å². The van der Waals surface area contributed by atoms with Crippen LogP contribution in [-0.2, 0) is 6.54 Å². The predicted molar refractivity (Wildman–Crippen MR) is 128 cm³/mol. The summed E-state index contributed by atoms with van der Waals surface area (Å²) in [7, 11) is 0. The summed E-state index contributed by atoms with van der Waals surface area (Å²) in [6.07, 6.45) is 6.26. The molecule has 2 aromatic heterocycles. The molecule has 32 heavy (non-hydrogen) atoms. The van der Waals surface area contributed by atoms with E-state index in [1.807, 2.05) is 70.9 Å². The number of thiophene rings is 1. The van der Waals surface area contributed by atoms with E-state index in [-0.39, 0.29) is 11.8 Å². The van der Waals surface area contributed by atoms with Crippen LogP contribution in [0, 0.1) is 6.92 Å². The molecule has 4 aromatic rings. The first-order valence-corrected chi connectivity index (χ1v) is 11.3. The highest BCUT2D eigenvalue weighted by Gasteiger charge is 2.10. The summed E-state index contributed by atoms with van der Waals surface area (Å²) in [6, 6.07) is 15.2. The molecule has 2 amide bonds. The van der Waals surface area contributed by atoms with Crippen molar-refractivity contribution in [3.63, 3.8) is 0 Å². The van der Waals surface area contributed by atoms with Gasteiger partial charge in [-0.05, 0) is 65.7 Å². The standard InChI is InChI=1S/C25H24N4O2S/c1-18-3-8-22(28-25(31)21-9-14-32-16-21)15-23(18)19-4-6-20(7-5-19)24(30)27-10-2-12-29-13-11-26-17-29/h3-9,11,13-17H,2,10,12H2,1H3,(H,27,30)(H,28,31). The Morgan fingerprint density at radius 1 is 1.03 bits per heavy atom. The topological polar surface area (TPSA) is 76.0 Å². The Bertz CT molecular complexity index is 1180. The maximum atomic E-state index is 12.4. The van der Waals surface area contributed by atoms with Crippen molar-refractivity contribution in [1.29, 1.82) is 0 Å². The molecule has 162 valence electrons. The van der Waals surface area contributed by atoms with E-state index in [0.717, 1.165) is 35.3 Å². The Hall–Kier alpha value is -3.71. The summed E-state index contributed by atoms with van der Waals surface area (Å²) in [6.45, 7) is 3.45. The van der Waals surface area contributed by atoms with Gasteiger partial charge in [0, 0.05) is 42.1 Å². The minimum atomic E-state index is -0.124. The number of nitrogens with one attached hydrogen (secondary N) is 2. The fraction of sp³-hybridized carbons (Fsp3) is 0.160. The number of rotatable bonds is 8. The van der Waals surface area contributed by atoms with E-state index < -0.39 is 0 Å². The number of aryl methyl sites for hydroxylation is 2. The van der Waals surface area contributed by atoms with Crippen molar-refractivity contribution in [2.24, 2.45) is 0 Å². The van der Waals surface area contributed by atoms with Crippen LogP contribution < -0.4 is 10.6 Å². The summed E-state index contributed by atoms with van der Waals surface area (Å²) in [5, 5.41) is 9.61. The molecular formula is C25H24N4O2S. The van der Waals surface area contributed by atoms with E-state index in [2.05, 4.69) is 15.6 Å². The van der Waals surface area contributed by atoms with E-state index in [9.17, 15) is 9.59 Å². The molecule has 7 heteroatoms. The molecule has 6 nitrogen and oxygen atoms in total. The van der Waals surface area contributed by atoms with Gasteiger partial charge in [0.2, 0.25) is 0 Å². The maximum absolute atomic E-state index is 12.4. The fourth-order valence-corrected chi connectivity index (χ4v) is 4.03. The van der Waals surface area contributed by atoms with Gasteiger partial charge in [0.1, 0.15) is 0 Å². The van der Waals surface area contributed by atoms with Crippen molar-refractivity contribution < 1.29 is 9.59 Å². The smallest absolute Gasteiger partial charge is 0.256 e. The van der Waals surface area contributed by atoms with Crippen molar-refractivity contribution in [3.8, 4) is 11.1 Å². The second kappa shape index (κ2) is 10.1. The van der Waals surface area contributed by atoms with Crippen LogP contribution in [0.5, 0.6) is 0 Å². The lowest BCUT2D eigenvalue weighted by Gasteiger charge is -2.11. The average Bonchev–Trinajstić information content (AvgIpc) is 3.52. The second-order valence-electron chi connectivity index (χ2n) is 7.48. The molecule has 0 unspecified atom stereocenters. The molecule has 4 rings (SSSR count). The number of aromatic nitrogens is 2. The van der Waals surface area contributed by atoms with Gasteiger partial charge in [0.15, 0.2) is 0 Å². The zero-order valence-electron chi connectivity index (χ0n) is 17.7. The van der Waals surface area contributed by atoms with Gasteiger partial charge in [-0.25, -0.2) is 4.98 Å². The number of anilines is 1. The van der Waals surface area contributed by atoms with E-state index in [4.69, 9.17) is 0 Å². The normalized spacial score (nSPS) is 10.7. The first-order valence-electron chi connectivity index (χ1n) is 10.4. The van der Waals surface area contributed by atoms with E-state index >= 15 is 0 Å². The van der Waals surface area contributed by atoms with E-state index in [1.165, 1.54) is 11.3 Å². The van der Waals surface area contributed by atoms with Gasteiger partial charge >= 0.3 is 0 Å². The van der Waals surface area contributed by atoms with Crippen LogP contribution in [0.25, 0.3) is 11.1 Å². The molecule has 0 aliphatic rings. The van der Waals surface area contributed by atoms with Gasteiger partial charge in [-0.3, -0.25) is 9.59 Å². The van der Waals surface area contributed by atoms with Crippen LogP contribution in [0.3, 0.4) is 0 Å². The largest absolute Gasteiger partial charge is 0.352 e. The monoisotopic (exact) mass is 444 g/mol. The summed E-state index contributed by atoms with van der Waals surface area (Å²) in [5.74, 6) is -0.211. The first-order chi connectivity index (χ1) is 15.6. The number of imidazole rings is 1. The number of benzene rings is 2. The van der Waals surface area contributed by atoms with Crippen LogP contribution in [0.2, 0.25) is 0 Å². The molecule has 0 spiro atoms. The van der Waals surface area contributed by atoms with Crippen LogP contribution in [0.15, 0.2) is 78.0 Å². The zero-order chi connectivity index (χ0) is 22.3. The Morgan fingerprint density at radius 2 is 1.88 bits per heavy atom. The molecule has 0 saturated carbocycles. The van der Waals surface area contributed by atoms with Crippen LogP contribution in [0.1, 0.15) is 32.7 Å². The van der Waals surface area contributed by atoms with Crippen molar-refractivity contribution in [2.75, 3.05) is 11.9 Å². The molecule has 2 heterocycles. The lowest BCUT2D eigenvalue weighted by atomic mass is 9.98. The zero-order valence-corrected chi connectivity index (χ0v) is 18.6. The lowest BCUT2D eigenvalue weighted by Crippen LogP contribution is -2.25. The molecule has 0 radical (unpaired) electrons. The number of nitrogens with zero attached hydrogens (tertiary/aromatic N) is 2. The summed E-state index contributed by atoms with van der Waals surface area (Å²) < 4.78 is 1.99. The van der Waals surface area contributed by atoms with Gasteiger partial charge in [-0.2, -0.15) is 11.3 Å². The Kier molecular flexibility index (Phi) is 6.77. The number of amides is 2. The van der Waals surface area contributed by atoms with Crippen LogP contribution >= 0.6 is 11.3 Å². The van der Waals surface area contributed by atoms with Crippen LogP contribution in [-0.4, -0.2) is 27.9 Å². The van der Waals surface area contributed by atoms with Gasteiger partial charge < -0.3 is 15.2 Å². The van der Waals surface area contributed by atoms with Crippen molar-refractivity contribution in [3.05, 3.63) is 94.7 Å². The number of carbonyl (C=O) groups is 2. The number of carbonyl (C=O) groups excluding carboxylic acids is 2. The Morgan fingerprint density at radius 3 is 2.59 bits per heavy atom. The van der Waals surface area contributed by atoms with Crippen molar-refractivity contribution in [2.45, 2.75) is 19.9 Å². The van der Waals surface area contributed by atoms with Gasteiger partial charge in [-0.15, -0.1) is 0 Å². The fourth-order valence-electron chi connectivity index (χ4n) is 3.39. The predicted octanol–water partition coefficient (Wildman–Crippen LogP) is 4.99. The van der Waals surface area contributed by atoms with Gasteiger partial charge in [0.25, 0.3) is 11.8 Å². The Labute approximate surface area is 190 Å². The SMILES string of the molecule is Cc1ccc(NC(=O)c2ccsc2)cc1-c1ccc(C(=O)NCCCn2ccnc2)cc1.